The second-order valence-electron chi connectivity index (χ2n) is 8.53. The molecule has 32 heavy (non-hydrogen) atoms. The molecule has 2 atom stereocenters. The second-order valence-corrected chi connectivity index (χ2v) is 9.45. The Bertz CT molecular complexity index is 1060. The number of halogens is 1. The van der Waals surface area contributed by atoms with Gasteiger partial charge in [0.2, 0.25) is 0 Å². The molecule has 0 bridgehead atoms. The zero-order chi connectivity index (χ0) is 23.0. The molecule has 0 aromatic heterocycles. The molecule has 2 aromatic carbocycles. The van der Waals surface area contributed by atoms with Gasteiger partial charge in [0.1, 0.15) is 0 Å². The van der Waals surface area contributed by atoms with Crippen LogP contribution < -0.4 is 15.5 Å². The molecular weight excluding hydrogens is 472 g/mol. The summed E-state index contributed by atoms with van der Waals surface area (Å²) in [4.78, 5) is 30.3. The lowest BCUT2D eigenvalue weighted by atomic mass is 9.94. The van der Waals surface area contributed by atoms with E-state index in [1.165, 1.54) is 0 Å². The SMILES string of the molecule is CCN1CCC[C@H]1CNC(=O)[C@]1(O)c2cc(Br)ccc2NC(=O)N1c1ccc(C)c(C)c1. The van der Waals surface area contributed by atoms with Gasteiger partial charge in [-0.2, -0.15) is 0 Å². The molecule has 0 radical (unpaired) electrons. The lowest BCUT2D eigenvalue weighted by Crippen LogP contribution is -2.63. The van der Waals surface area contributed by atoms with Crippen molar-refractivity contribution < 1.29 is 14.7 Å². The number of carbonyl (C=O) groups is 2. The second kappa shape index (κ2) is 8.84. The summed E-state index contributed by atoms with van der Waals surface area (Å²) in [6, 6.07) is 10.2. The van der Waals surface area contributed by atoms with Gasteiger partial charge >= 0.3 is 6.03 Å². The molecular formula is C24H29BrN4O3. The molecule has 170 valence electrons. The van der Waals surface area contributed by atoms with Crippen LogP contribution in [-0.4, -0.2) is 47.6 Å². The summed E-state index contributed by atoms with van der Waals surface area (Å²) in [5.74, 6) is -0.618. The first-order valence-electron chi connectivity index (χ1n) is 11.0. The third-order valence-electron chi connectivity index (χ3n) is 6.59. The number of nitrogens with one attached hydrogen (secondary N) is 2. The molecule has 3 amide bonds. The minimum atomic E-state index is -2.20. The topological polar surface area (TPSA) is 84.9 Å². The first-order chi connectivity index (χ1) is 15.3. The van der Waals surface area contributed by atoms with Gasteiger partial charge in [0.25, 0.3) is 11.6 Å². The molecule has 2 aromatic rings. The lowest BCUT2D eigenvalue weighted by Gasteiger charge is -2.43. The van der Waals surface area contributed by atoms with Crippen molar-refractivity contribution in [3.05, 3.63) is 57.6 Å². The third-order valence-corrected chi connectivity index (χ3v) is 7.09. The monoisotopic (exact) mass is 500 g/mol. The van der Waals surface area contributed by atoms with Crippen LogP contribution in [0.1, 0.15) is 36.5 Å². The van der Waals surface area contributed by atoms with Gasteiger partial charge < -0.3 is 15.7 Å². The molecule has 0 aliphatic carbocycles. The van der Waals surface area contributed by atoms with E-state index in [0.29, 0.717) is 28.0 Å². The highest BCUT2D eigenvalue weighted by Crippen LogP contribution is 2.41. The molecule has 3 N–H and O–H groups in total. The Kier molecular flexibility index (Phi) is 6.29. The molecule has 1 fully saturated rings. The number of anilines is 2. The Labute approximate surface area is 196 Å². The molecule has 2 aliphatic rings. The molecule has 2 heterocycles. The Morgan fingerprint density at radius 1 is 1.25 bits per heavy atom. The van der Waals surface area contributed by atoms with E-state index >= 15 is 0 Å². The zero-order valence-corrected chi connectivity index (χ0v) is 20.2. The summed E-state index contributed by atoms with van der Waals surface area (Å²) in [7, 11) is 0. The predicted octanol–water partition coefficient (Wildman–Crippen LogP) is 3.86. The average Bonchev–Trinajstić information content (AvgIpc) is 3.22. The number of aliphatic hydroxyl groups is 1. The van der Waals surface area contributed by atoms with Crippen molar-refractivity contribution in [1.29, 1.82) is 0 Å². The number of amides is 3. The van der Waals surface area contributed by atoms with E-state index < -0.39 is 17.7 Å². The van der Waals surface area contributed by atoms with Crippen LogP contribution in [0.4, 0.5) is 16.2 Å². The van der Waals surface area contributed by atoms with Gasteiger partial charge in [-0.25, -0.2) is 4.79 Å². The predicted molar refractivity (Wildman–Crippen MR) is 129 cm³/mol. The molecule has 2 aliphatic heterocycles. The van der Waals surface area contributed by atoms with Crippen molar-refractivity contribution in [3.63, 3.8) is 0 Å². The number of urea groups is 1. The normalized spacial score (nSPS) is 23.1. The molecule has 8 heteroatoms. The molecule has 7 nitrogen and oxygen atoms in total. The first-order valence-corrected chi connectivity index (χ1v) is 11.8. The number of likely N-dealkylation sites (N-methyl/N-ethyl adjacent to an activating group) is 1. The number of likely N-dealkylation sites (tertiary alicyclic amines) is 1. The minimum Gasteiger partial charge on any atom is -0.359 e. The van der Waals surface area contributed by atoms with Gasteiger partial charge in [-0.15, -0.1) is 0 Å². The summed E-state index contributed by atoms with van der Waals surface area (Å²) >= 11 is 3.43. The van der Waals surface area contributed by atoms with Crippen LogP contribution >= 0.6 is 15.9 Å². The number of hydrogen-bond donors (Lipinski definition) is 3. The highest BCUT2D eigenvalue weighted by molar-refractivity contribution is 9.10. The van der Waals surface area contributed by atoms with Crippen LogP contribution in [0.5, 0.6) is 0 Å². The summed E-state index contributed by atoms with van der Waals surface area (Å²) in [6.07, 6.45) is 2.08. The van der Waals surface area contributed by atoms with Crippen molar-refractivity contribution in [3.8, 4) is 0 Å². The molecule has 4 rings (SSSR count). The van der Waals surface area contributed by atoms with Crippen LogP contribution in [0.2, 0.25) is 0 Å². The van der Waals surface area contributed by atoms with Gasteiger partial charge in [0.15, 0.2) is 0 Å². The highest BCUT2D eigenvalue weighted by atomic mass is 79.9. The van der Waals surface area contributed by atoms with Crippen molar-refractivity contribution in [1.82, 2.24) is 10.2 Å². The third kappa shape index (κ3) is 3.91. The quantitative estimate of drug-likeness (QED) is 0.581. The maximum absolute atomic E-state index is 13.6. The number of aryl methyl sites for hydroxylation is 2. The van der Waals surface area contributed by atoms with Gasteiger partial charge in [-0.05, 0) is 81.2 Å². The number of carbonyl (C=O) groups excluding carboxylic acids is 2. The molecule has 0 saturated carbocycles. The average molecular weight is 501 g/mol. The number of rotatable bonds is 5. The van der Waals surface area contributed by atoms with E-state index in [9.17, 15) is 14.7 Å². The summed E-state index contributed by atoms with van der Waals surface area (Å²) in [6.45, 7) is 8.35. The van der Waals surface area contributed by atoms with Crippen LogP contribution in [0.3, 0.4) is 0 Å². The van der Waals surface area contributed by atoms with E-state index in [-0.39, 0.29) is 6.04 Å². The van der Waals surface area contributed by atoms with Crippen LogP contribution in [0.25, 0.3) is 0 Å². The Balaban J connectivity index is 1.75. The van der Waals surface area contributed by atoms with E-state index in [1.54, 1.807) is 24.3 Å². The van der Waals surface area contributed by atoms with Crippen LogP contribution in [0, 0.1) is 13.8 Å². The Morgan fingerprint density at radius 2 is 2.03 bits per heavy atom. The highest BCUT2D eigenvalue weighted by Gasteiger charge is 2.52. The number of nitrogens with zero attached hydrogens (tertiary/aromatic N) is 2. The van der Waals surface area contributed by atoms with Gasteiger partial charge in [0, 0.05) is 28.3 Å². The van der Waals surface area contributed by atoms with Crippen molar-refractivity contribution in [2.75, 3.05) is 29.9 Å². The standard InChI is InChI=1S/C24H29BrN4O3/c1-4-28-11-5-6-19(28)14-26-22(30)24(32)20-13-17(25)8-10-21(20)27-23(31)29(24)18-9-7-15(2)16(3)12-18/h7-10,12-13,19,32H,4-6,11,14H2,1-3H3,(H,26,30)(H,27,31)/t19-,24+/m0/s1. The van der Waals surface area contributed by atoms with E-state index in [0.717, 1.165) is 42.0 Å². The van der Waals surface area contributed by atoms with E-state index in [1.807, 2.05) is 26.0 Å². The minimum absolute atomic E-state index is 0.224. The fourth-order valence-corrected chi connectivity index (χ4v) is 4.98. The van der Waals surface area contributed by atoms with Gasteiger partial charge in [0.05, 0.1) is 5.69 Å². The maximum Gasteiger partial charge on any atom is 0.329 e. The van der Waals surface area contributed by atoms with Gasteiger partial charge in [-0.3, -0.25) is 14.6 Å². The molecule has 1 saturated heterocycles. The van der Waals surface area contributed by atoms with Crippen LogP contribution in [0.15, 0.2) is 40.9 Å². The fraction of sp³-hybridized carbons (Fsp3) is 0.417. The smallest absolute Gasteiger partial charge is 0.329 e. The number of hydrogen-bond acceptors (Lipinski definition) is 4. The van der Waals surface area contributed by atoms with Crippen molar-refractivity contribution in [2.24, 2.45) is 0 Å². The van der Waals surface area contributed by atoms with E-state index in [4.69, 9.17) is 0 Å². The van der Waals surface area contributed by atoms with Crippen molar-refractivity contribution in [2.45, 2.75) is 45.4 Å². The summed E-state index contributed by atoms with van der Waals surface area (Å²) < 4.78 is 0.701. The van der Waals surface area contributed by atoms with Crippen LogP contribution in [-0.2, 0) is 10.5 Å². The number of benzene rings is 2. The van der Waals surface area contributed by atoms with Crippen molar-refractivity contribution >= 4 is 39.2 Å². The summed E-state index contributed by atoms with van der Waals surface area (Å²) in [5.41, 5.74) is 1.00. The molecule has 0 spiro atoms. The first kappa shape index (κ1) is 22.8. The lowest BCUT2D eigenvalue weighted by molar-refractivity contribution is -0.140. The molecule has 0 unspecified atom stereocenters. The Hall–Kier alpha value is -2.42. The Morgan fingerprint density at radius 3 is 2.75 bits per heavy atom. The zero-order valence-electron chi connectivity index (χ0n) is 18.6. The number of fused-ring (bicyclic) bond motifs is 1. The van der Waals surface area contributed by atoms with E-state index in [2.05, 4.69) is 38.4 Å². The fourth-order valence-electron chi connectivity index (χ4n) is 4.62. The largest absolute Gasteiger partial charge is 0.359 e. The van der Waals surface area contributed by atoms with Gasteiger partial charge in [-0.1, -0.05) is 28.9 Å². The summed E-state index contributed by atoms with van der Waals surface area (Å²) in [5, 5.41) is 17.7. The maximum atomic E-state index is 13.6.